The summed E-state index contributed by atoms with van der Waals surface area (Å²) in [5.41, 5.74) is 4.14. The van der Waals surface area contributed by atoms with Crippen LogP contribution in [0.15, 0.2) is 58.0 Å². The van der Waals surface area contributed by atoms with E-state index < -0.39 is 0 Å². The van der Waals surface area contributed by atoms with Gasteiger partial charge in [0.1, 0.15) is 5.84 Å². The molecule has 0 spiro atoms. The molecule has 0 bridgehead atoms. The van der Waals surface area contributed by atoms with Gasteiger partial charge in [0, 0.05) is 10.0 Å². The number of para-hydroxylation sites is 1. The molecule has 0 saturated heterocycles. The lowest BCUT2D eigenvalue weighted by Gasteiger charge is -2.08. The third-order valence-corrected chi connectivity index (χ3v) is 3.13. The molecule has 18 heavy (non-hydrogen) atoms. The fraction of sp³-hybridized carbons (Fsp3) is 0. The summed E-state index contributed by atoms with van der Waals surface area (Å²) in [5, 5.41) is 0.581. The zero-order chi connectivity index (χ0) is 13.0. The number of nitrogens with zero attached hydrogens (tertiary/aromatic N) is 1. The number of rotatable bonds is 2. The predicted octanol–water partition coefficient (Wildman–Crippen LogP) is 3.64. The van der Waals surface area contributed by atoms with E-state index in [1.807, 2.05) is 42.5 Å². The number of hydrazine groups is 1. The largest absolute Gasteiger partial charge is 0.308 e. The van der Waals surface area contributed by atoms with E-state index in [-0.39, 0.29) is 0 Å². The Bertz CT molecular complexity index is 570. The number of hydrogen-bond acceptors (Lipinski definition) is 2. The molecule has 2 aromatic carbocycles. The number of benzene rings is 2. The Morgan fingerprint density at radius 1 is 1.17 bits per heavy atom. The van der Waals surface area contributed by atoms with Crippen LogP contribution in [0, 0.1) is 0 Å². The molecule has 3 N–H and O–H groups in total. The van der Waals surface area contributed by atoms with Crippen molar-refractivity contribution >= 4 is 39.1 Å². The van der Waals surface area contributed by atoms with Crippen molar-refractivity contribution in [3.05, 3.63) is 63.6 Å². The number of aliphatic imine (C=N–C) groups is 1. The molecular weight excluding hydrogens is 314 g/mol. The van der Waals surface area contributed by atoms with Crippen molar-refractivity contribution in [3.8, 4) is 0 Å². The Labute approximate surface area is 119 Å². The van der Waals surface area contributed by atoms with E-state index in [0.29, 0.717) is 10.9 Å². The van der Waals surface area contributed by atoms with Gasteiger partial charge in [0.25, 0.3) is 0 Å². The smallest absolute Gasteiger partial charge is 0.149 e. The fourth-order valence-corrected chi connectivity index (χ4v) is 2.25. The van der Waals surface area contributed by atoms with Gasteiger partial charge in [-0.2, -0.15) is 0 Å². The molecule has 0 aromatic heterocycles. The quantitative estimate of drug-likeness (QED) is 0.383. The second-order valence-electron chi connectivity index (χ2n) is 3.56. The molecule has 0 fully saturated rings. The Morgan fingerprint density at radius 3 is 2.50 bits per heavy atom. The van der Waals surface area contributed by atoms with E-state index in [0.717, 1.165) is 15.7 Å². The minimum atomic E-state index is 0.527. The molecule has 92 valence electrons. The Kier molecular flexibility index (Phi) is 4.36. The molecule has 2 aromatic rings. The van der Waals surface area contributed by atoms with Gasteiger partial charge in [-0.3, -0.25) is 0 Å². The normalized spacial score (nSPS) is 11.4. The van der Waals surface area contributed by atoms with Gasteiger partial charge >= 0.3 is 0 Å². The molecule has 3 nitrogen and oxygen atoms in total. The SMILES string of the molecule is NNC(=Nc1ccccc1)c1ccc(Br)cc1Cl. The van der Waals surface area contributed by atoms with Gasteiger partial charge in [-0.05, 0) is 30.3 Å². The van der Waals surface area contributed by atoms with Crippen molar-refractivity contribution in [1.82, 2.24) is 5.43 Å². The number of amidine groups is 1. The highest BCUT2D eigenvalue weighted by atomic mass is 79.9. The first-order valence-electron chi connectivity index (χ1n) is 5.26. The van der Waals surface area contributed by atoms with Crippen LogP contribution in [0.5, 0.6) is 0 Å². The van der Waals surface area contributed by atoms with E-state index in [2.05, 4.69) is 26.3 Å². The third kappa shape index (κ3) is 3.10. The first kappa shape index (κ1) is 13.1. The van der Waals surface area contributed by atoms with Gasteiger partial charge in [-0.1, -0.05) is 45.7 Å². The molecule has 0 amide bonds. The van der Waals surface area contributed by atoms with Crippen LogP contribution < -0.4 is 11.3 Å². The fourth-order valence-electron chi connectivity index (χ4n) is 1.48. The zero-order valence-electron chi connectivity index (χ0n) is 9.40. The average Bonchev–Trinajstić information content (AvgIpc) is 2.38. The summed E-state index contributed by atoms with van der Waals surface area (Å²) in [6.45, 7) is 0. The van der Waals surface area contributed by atoms with Crippen LogP contribution in [-0.4, -0.2) is 5.84 Å². The zero-order valence-corrected chi connectivity index (χ0v) is 11.7. The summed E-state index contributed by atoms with van der Waals surface area (Å²) in [5.74, 6) is 6.04. The maximum absolute atomic E-state index is 6.16. The summed E-state index contributed by atoms with van der Waals surface area (Å²) in [6.07, 6.45) is 0. The summed E-state index contributed by atoms with van der Waals surface area (Å²) < 4.78 is 0.910. The second-order valence-corrected chi connectivity index (χ2v) is 4.89. The molecule has 0 heterocycles. The average molecular weight is 325 g/mol. The number of hydrogen-bond donors (Lipinski definition) is 2. The van der Waals surface area contributed by atoms with Gasteiger partial charge < -0.3 is 5.43 Å². The molecule has 0 saturated carbocycles. The van der Waals surface area contributed by atoms with Gasteiger partial charge in [0.15, 0.2) is 0 Å². The minimum absolute atomic E-state index is 0.527. The van der Waals surface area contributed by atoms with Crippen molar-refractivity contribution < 1.29 is 0 Å². The molecule has 0 aliphatic heterocycles. The monoisotopic (exact) mass is 323 g/mol. The highest BCUT2D eigenvalue weighted by Crippen LogP contribution is 2.22. The van der Waals surface area contributed by atoms with Crippen LogP contribution in [0.1, 0.15) is 5.56 Å². The topological polar surface area (TPSA) is 50.4 Å². The van der Waals surface area contributed by atoms with Crippen LogP contribution in [0.25, 0.3) is 0 Å². The van der Waals surface area contributed by atoms with Crippen LogP contribution in [0.2, 0.25) is 5.02 Å². The number of nitrogens with two attached hydrogens (primary N) is 1. The van der Waals surface area contributed by atoms with Crippen LogP contribution in [0.4, 0.5) is 5.69 Å². The van der Waals surface area contributed by atoms with E-state index in [1.165, 1.54) is 0 Å². The Morgan fingerprint density at radius 2 is 1.89 bits per heavy atom. The Hall–Kier alpha value is -1.36. The molecule has 0 atom stereocenters. The standard InChI is InChI=1S/C13H11BrClN3/c14-9-6-7-11(12(15)8-9)13(18-16)17-10-4-2-1-3-5-10/h1-8H,16H2,(H,17,18). The lowest BCUT2D eigenvalue weighted by atomic mass is 10.2. The summed E-state index contributed by atoms with van der Waals surface area (Å²) in [7, 11) is 0. The maximum Gasteiger partial charge on any atom is 0.149 e. The van der Waals surface area contributed by atoms with E-state index in [9.17, 15) is 0 Å². The second kappa shape index (κ2) is 6.00. The minimum Gasteiger partial charge on any atom is -0.308 e. The summed E-state index contributed by atoms with van der Waals surface area (Å²) in [6, 6.07) is 15.1. The molecule has 0 aliphatic rings. The molecule has 2 rings (SSSR count). The molecule has 0 radical (unpaired) electrons. The van der Waals surface area contributed by atoms with Crippen molar-refractivity contribution in [1.29, 1.82) is 0 Å². The van der Waals surface area contributed by atoms with Gasteiger partial charge in [-0.25, -0.2) is 10.8 Å². The summed E-state index contributed by atoms with van der Waals surface area (Å²) >= 11 is 9.52. The van der Waals surface area contributed by atoms with Gasteiger partial charge in [0.05, 0.1) is 10.7 Å². The van der Waals surface area contributed by atoms with E-state index in [1.54, 1.807) is 6.07 Å². The summed E-state index contributed by atoms with van der Waals surface area (Å²) in [4.78, 5) is 4.42. The molecular formula is C13H11BrClN3. The van der Waals surface area contributed by atoms with Gasteiger partial charge in [0.2, 0.25) is 0 Å². The predicted molar refractivity (Wildman–Crippen MR) is 79.1 cm³/mol. The third-order valence-electron chi connectivity index (χ3n) is 2.32. The number of nitrogens with one attached hydrogen (secondary N) is 1. The Balaban J connectivity index is 2.42. The van der Waals surface area contributed by atoms with E-state index in [4.69, 9.17) is 17.4 Å². The van der Waals surface area contributed by atoms with Gasteiger partial charge in [-0.15, -0.1) is 0 Å². The lowest BCUT2D eigenvalue weighted by molar-refractivity contribution is 1.02. The van der Waals surface area contributed by atoms with Crippen molar-refractivity contribution in [2.45, 2.75) is 0 Å². The van der Waals surface area contributed by atoms with Crippen molar-refractivity contribution in [2.24, 2.45) is 10.8 Å². The van der Waals surface area contributed by atoms with E-state index >= 15 is 0 Å². The van der Waals surface area contributed by atoms with Crippen molar-refractivity contribution in [3.63, 3.8) is 0 Å². The van der Waals surface area contributed by atoms with Crippen LogP contribution >= 0.6 is 27.5 Å². The van der Waals surface area contributed by atoms with Crippen LogP contribution in [0.3, 0.4) is 0 Å². The molecule has 5 heteroatoms. The molecule has 0 aliphatic carbocycles. The highest BCUT2D eigenvalue weighted by molar-refractivity contribution is 9.10. The first-order valence-corrected chi connectivity index (χ1v) is 6.43. The highest BCUT2D eigenvalue weighted by Gasteiger charge is 2.07. The lowest BCUT2D eigenvalue weighted by Crippen LogP contribution is -2.31. The maximum atomic E-state index is 6.16. The number of halogens is 2. The van der Waals surface area contributed by atoms with Crippen LogP contribution in [-0.2, 0) is 0 Å². The van der Waals surface area contributed by atoms with Crippen molar-refractivity contribution in [2.75, 3.05) is 0 Å². The first-order chi connectivity index (χ1) is 8.70. The molecule has 0 unspecified atom stereocenters.